The lowest BCUT2D eigenvalue weighted by atomic mass is 10.1. The lowest BCUT2D eigenvalue weighted by Gasteiger charge is -2.01. The molecule has 0 unspecified atom stereocenters. The standard InChI is InChI=1S/C12H12FN3O2S/c13-10-3-8(4-11(14)5-10)9-6-15-16(7-9)19(17,18)12-1-2-12/h3-7,12H,1-2,14H2. The third-order valence-electron chi connectivity index (χ3n) is 3.02. The van der Waals surface area contributed by atoms with Gasteiger partial charge in [0.05, 0.1) is 17.6 Å². The number of aromatic nitrogens is 2. The molecule has 3 rings (SSSR count). The molecule has 100 valence electrons. The summed E-state index contributed by atoms with van der Waals surface area (Å²) in [6, 6.07) is 4.07. The Hall–Kier alpha value is -1.89. The van der Waals surface area contributed by atoms with Crippen LogP contribution < -0.4 is 5.73 Å². The summed E-state index contributed by atoms with van der Waals surface area (Å²) < 4.78 is 38.2. The molecule has 2 N–H and O–H groups in total. The van der Waals surface area contributed by atoms with Crippen LogP contribution in [0.2, 0.25) is 0 Å². The van der Waals surface area contributed by atoms with Gasteiger partial charge in [0, 0.05) is 11.3 Å². The van der Waals surface area contributed by atoms with Gasteiger partial charge in [-0.05, 0) is 36.6 Å². The van der Waals surface area contributed by atoms with Gasteiger partial charge in [0.15, 0.2) is 0 Å². The molecule has 0 spiro atoms. The number of benzene rings is 1. The number of halogens is 1. The Morgan fingerprint density at radius 2 is 2.00 bits per heavy atom. The fourth-order valence-electron chi connectivity index (χ4n) is 1.89. The van der Waals surface area contributed by atoms with Gasteiger partial charge in [0.2, 0.25) is 0 Å². The topological polar surface area (TPSA) is 78.0 Å². The van der Waals surface area contributed by atoms with E-state index in [1.807, 2.05) is 0 Å². The molecular weight excluding hydrogens is 269 g/mol. The van der Waals surface area contributed by atoms with Gasteiger partial charge >= 0.3 is 0 Å². The maximum absolute atomic E-state index is 13.3. The first-order valence-corrected chi connectivity index (χ1v) is 7.32. The Balaban J connectivity index is 2.01. The second-order valence-electron chi connectivity index (χ2n) is 4.62. The molecule has 1 aromatic carbocycles. The molecule has 1 aromatic heterocycles. The average molecular weight is 281 g/mol. The van der Waals surface area contributed by atoms with Crippen LogP contribution in [0.25, 0.3) is 11.1 Å². The van der Waals surface area contributed by atoms with Gasteiger partial charge in [0.25, 0.3) is 10.0 Å². The van der Waals surface area contributed by atoms with Crippen molar-refractivity contribution in [3.63, 3.8) is 0 Å². The Labute approximate surface area is 109 Å². The molecule has 0 amide bonds. The Morgan fingerprint density at radius 1 is 1.26 bits per heavy atom. The minimum absolute atomic E-state index is 0.285. The number of nitrogens with two attached hydrogens (primary N) is 1. The molecule has 1 saturated carbocycles. The van der Waals surface area contributed by atoms with E-state index in [-0.39, 0.29) is 10.9 Å². The van der Waals surface area contributed by atoms with Crippen molar-refractivity contribution in [2.75, 3.05) is 5.73 Å². The summed E-state index contributed by atoms with van der Waals surface area (Å²) in [7, 11) is -3.39. The zero-order valence-corrected chi connectivity index (χ0v) is 10.8. The van der Waals surface area contributed by atoms with E-state index in [4.69, 9.17) is 5.73 Å². The summed E-state index contributed by atoms with van der Waals surface area (Å²) in [6.45, 7) is 0. The minimum atomic E-state index is -3.39. The highest BCUT2D eigenvalue weighted by Gasteiger charge is 2.37. The molecule has 0 saturated heterocycles. The van der Waals surface area contributed by atoms with Crippen LogP contribution >= 0.6 is 0 Å². The minimum Gasteiger partial charge on any atom is -0.399 e. The van der Waals surface area contributed by atoms with E-state index >= 15 is 0 Å². The van der Waals surface area contributed by atoms with E-state index in [0.29, 0.717) is 24.0 Å². The number of nitrogens with zero attached hydrogens (tertiary/aromatic N) is 2. The summed E-state index contributed by atoms with van der Waals surface area (Å²) in [5, 5.41) is 3.51. The largest absolute Gasteiger partial charge is 0.399 e. The van der Waals surface area contributed by atoms with Crippen molar-refractivity contribution in [2.45, 2.75) is 18.1 Å². The van der Waals surface area contributed by atoms with Crippen LogP contribution in [0.3, 0.4) is 0 Å². The molecule has 7 heteroatoms. The van der Waals surface area contributed by atoms with Gasteiger partial charge in [-0.3, -0.25) is 0 Å². The smallest absolute Gasteiger partial charge is 0.256 e. The Morgan fingerprint density at radius 3 is 2.63 bits per heavy atom. The van der Waals surface area contributed by atoms with Gasteiger partial charge < -0.3 is 5.73 Å². The predicted molar refractivity (Wildman–Crippen MR) is 69.4 cm³/mol. The molecular formula is C12H12FN3O2S. The van der Waals surface area contributed by atoms with Crippen LogP contribution in [0.4, 0.5) is 10.1 Å². The second-order valence-corrected chi connectivity index (χ2v) is 6.69. The van der Waals surface area contributed by atoms with E-state index in [9.17, 15) is 12.8 Å². The molecule has 1 aliphatic rings. The lowest BCUT2D eigenvalue weighted by Crippen LogP contribution is -2.17. The number of nitrogen functional groups attached to an aromatic ring is 1. The highest BCUT2D eigenvalue weighted by molar-refractivity contribution is 7.90. The Kier molecular flexibility index (Phi) is 2.60. The monoisotopic (exact) mass is 281 g/mol. The number of hydrogen-bond donors (Lipinski definition) is 1. The van der Waals surface area contributed by atoms with Crippen LogP contribution in [-0.2, 0) is 10.0 Å². The van der Waals surface area contributed by atoms with Crippen molar-refractivity contribution in [3.05, 3.63) is 36.4 Å². The lowest BCUT2D eigenvalue weighted by molar-refractivity contribution is 0.578. The normalized spacial score (nSPS) is 15.6. The van der Waals surface area contributed by atoms with Crippen molar-refractivity contribution >= 4 is 15.7 Å². The zero-order chi connectivity index (χ0) is 13.6. The number of anilines is 1. The van der Waals surface area contributed by atoms with Gasteiger partial charge in [-0.2, -0.15) is 9.19 Å². The maximum atomic E-state index is 13.3. The van der Waals surface area contributed by atoms with Crippen LogP contribution in [0.5, 0.6) is 0 Å². The van der Waals surface area contributed by atoms with Gasteiger partial charge in [-0.15, -0.1) is 0 Å². The maximum Gasteiger partial charge on any atom is 0.256 e. The van der Waals surface area contributed by atoms with Crippen LogP contribution in [0.1, 0.15) is 12.8 Å². The molecule has 5 nitrogen and oxygen atoms in total. The molecule has 1 fully saturated rings. The van der Waals surface area contributed by atoms with Crippen molar-refractivity contribution in [3.8, 4) is 11.1 Å². The van der Waals surface area contributed by atoms with Gasteiger partial charge in [0.1, 0.15) is 5.82 Å². The van der Waals surface area contributed by atoms with E-state index in [2.05, 4.69) is 5.10 Å². The van der Waals surface area contributed by atoms with Crippen molar-refractivity contribution in [1.82, 2.24) is 9.19 Å². The van der Waals surface area contributed by atoms with E-state index in [1.54, 1.807) is 6.07 Å². The molecule has 2 aromatic rings. The highest BCUT2D eigenvalue weighted by atomic mass is 32.2. The van der Waals surface area contributed by atoms with Crippen molar-refractivity contribution < 1.29 is 12.8 Å². The van der Waals surface area contributed by atoms with Gasteiger partial charge in [-0.1, -0.05) is 0 Å². The number of hydrogen-bond acceptors (Lipinski definition) is 4. The molecule has 0 radical (unpaired) electrons. The van der Waals surface area contributed by atoms with Gasteiger partial charge in [-0.25, -0.2) is 12.8 Å². The van der Waals surface area contributed by atoms with Crippen molar-refractivity contribution in [2.24, 2.45) is 0 Å². The summed E-state index contributed by atoms with van der Waals surface area (Å²) in [6.07, 6.45) is 4.13. The second kappa shape index (κ2) is 4.06. The highest BCUT2D eigenvalue weighted by Crippen LogP contribution is 2.30. The fourth-order valence-corrected chi connectivity index (χ4v) is 3.37. The van der Waals surface area contributed by atoms with E-state index in [0.717, 1.165) is 4.09 Å². The Bertz CT molecular complexity index is 715. The predicted octanol–water partition coefficient (Wildman–Crippen LogP) is 1.61. The fraction of sp³-hybridized carbons (Fsp3) is 0.250. The summed E-state index contributed by atoms with van der Waals surface area (Å²) in [5.41, 5.74) is 6.88. The first-order valence-electron chi connectivity index (χ1n) is 5.82. The molecule has 0 atom stereocenters. The molecule has 0 aliphatic heterocycles. The summed E-state index contributed by atoms with van der Waals surface area (Å²) in [5.74, 6) is -0.465. The SMILES string of the molecule is Nc1cc(F)cc(-c2cnn(S(=O)(=O)C3CC3)c2)c1. The zero-order valence-electron chi connectivity index (χ0n) is 9.95. The van der Waals surface area contributed by atoms with E-state index in [1.165, 1.54) is 24.5 Å². The van der Waals surface area contributed by atoms with Crippen molar-refractivity contribution in [1.29, 1.82) is 0 Å². The summed E-state index contributed by atoms with van der Waals surface area (Å²) in [4.78, 5) is 0. The van der Waals surface area contributed by atoms with Crippen LogP contribution in [0.15, 0.2) is 30.6 Å². The first kappa shape index (κ1) is 12.2. The summed E-state index contributed by atoms with van der Waals surface area (Å²) >= 11 is 0. The molecule has 19 heavy (non-hydrogen) atoms. The quantitative estimate of drug-likeness (QED) is 0.867. The van der Waals surface area contributed by atoms with Crippen LogP contribution in [0, 0.1) is 5.82 Å². The van der Waals surface area contributed by atoms with Crippen LogP contribution in [-0.4, -0.2) is 22.9 Å². The average Bonchev–Trinajstić information content (AvgIpc) is 3.06. The third-order valence-corrected chi connectivity index (χ3v) is 5.05. The van der Waals surface area contributed by atoms with E-state index < -0.39 is 15.8 Å². The molecule has 0 bridgehead atoms. The first-order chi connectivity index (χ1) is 8.96. The molecule has 1 aliphatic carbocycles. The number of rotatable bonds is 3. The molecule has 1 heterocycles. The third kappa shape index (κ3) is 2.21.